The summed E-state index contributed by atoms with van der Waals surface area (Å²) < 4.78 is 0. The van der Waals surface area contributed by atoms with Crippen LogP contribution in [0.25, 0.3) is 0 Å². The molecule has 0 radical (unpaired) electrons. The van der Waals surface area contributed by atoms with Crippen LogP contribution in [0.3, 0.4) is 0 Å². The zero-order valence-electron chi connectivity index (χ0n) is 17.0. The first-order valence-corrected chi connectivity index (χ1v) is 9.69. The number of hydrogen-bond donors (Lipinski definition) is 4. The summed E-state index contributed by atoms with van der Waals surface area (Å²) in [6.45, 7) is 5.25. The normalized spacial score (nSPS) is 10.9. The van der Waals surface area contributed by atoms with Crippen molar-refractivity contribution < 1.29 is 4.79 Å². The van der Waals surface area contributed by atoms with E-state index in [4.69, 9.17) is 11.6 Å². The maximum atomic E-state index is 11.7. The van der Waals surface area contributed by atoms with Crippen LogP contribution in [0.15, 0.2) is 53.5 Å². The van der Waals surface area contributed by atoms with Crippen LogP contribution < -0.4 is 21.3 Å². The highest BCUT2D eigenvalue weighted by molar-refractivity contribution is 14.0. The van der Waals surface area contributed by atoms with E-state index in [-0.39, 0.29) is 36.0 Å². The molecule has 8 heteroatoms. The third kappa shape index (κ3) is 9.85. The van der Waals surface area contributed by atoms with Crippen molar-refractivity contribution in [2.45, 2.75) is 32.9 Å². The van der Waals surface area contributed by atoms with E-state index >= 15 is 0 Å². The molecule has 6 nitrogen and oxygen atoms in total. The van der Waals surface area contributed by atoms with Crippen molar-refractivity contribution >= 4 is 53.3 Å². The first kappa shape index (κ1) is 25.0. The van der Waals surface area contributed by atoms with E-state index in [1.165, 1.54) is 5.56 Å². The predicted octanol–water partition coefficient (Wildman–Crippen LogP) is 4.40. The van der Waals surface area contributed by atoms with Gasteiger partial charge in [0.1, 0.15) is 0 Å². The number of nitrogens with one attached hydrogen (secondary N) is 4. The van der Waals surface area contributed by atoms with Crippen molar-refractivity contribution in [1.29, 1.82) is 0 Å². The van der Waals surface area contributed by atoms with Gasteiger partial charge in [0, 0.05) is 36.9 Å². The number of carbonyl (C=O) groups excluding carboxylic acids is 1. The summed E-state index contributed by atoms with van der Waals surface area (Å²) in [5.41, 5.74) is 3.07. The van der Waals surface area contributed by atoms with Crippen LogP contribution >= 0.6 is 35.6 Å². The van der Waals surface area contributed by atoms with Crippen LogP contribution in [0.5, 0.6) is 0 Å². The van der Waals surface area contributed by atoms with Gasteiger partial charge in [-0.1, -0.05) is 35.9 Å². The van der Waals surface area contributed by atoms with Crippen LogP contribution in [0.2, 0.25) is 5.02 Å². The Kier molecular flexibility index (Phi) is 11.5. The number of nitrogens with zero attached hydrogens (tertiary/aromatic N) is 1. The Bertz CT molecular complexity index is 779. The zero-order valence-corrected chi connectivity index (χ0v) is 20.0. The SMILES string of the molecule is CN=C(NCCc1ccc(Cl)cc1)NCc1ccc(NC(=O)NC(C)C)cc1.I. The molecule has 0 spiro atoms. The number of halogens is 2. The molecule has 158 valence electrons. The predicted molar refractivity (Wildman–Crippen MR) is 133 cm³/mol. The standard InChI is InChI=1S/C21H28ClN5O.HI/c1-15(2)26-21(28)27-19-10-6-17(7-11-19)14-25-20(23-3)24-13-12-16-4-8-18(22)9-5-16;/h4-11,15H,12-14H2,1-3H3,(H2,23,24,25)(H2,26,27,28);1H. The second kappa shape index (κ2) is 13.3. The third-order valence-electron chi connectivity index (χ3n) is 3.93. The van der Waals surface area contributed by atoms with Crippen LogP contribution in [0.4, 0.5) is 10.5 Å². The van der Waals surface area contributed by atoms with Crippen molar-refractivity contribution in [3.05, 3.63) is 64.7 Å². The fourth-order valence-electron chi connectivity index (χ4n) is 2.52. The molecule has 0 bridgehead atoms. The van der Waals surface area contributed by atoms with E-state index in [0.29, 0.717) is 6.54 Å². The molecule has 4 N–H and O–H groups in total. The highest BCUT2D eigenvalue weighted by Gasteiger charge is 2.04. The average Bonchev–Trinajstić information content (AvgIpc) is 2.66. The molecular formula is C21H29ClIN5O. The molecule has 2 aromatic carbocycles. The molecule has 0 atom stereocenters. The highest BCUT2D eigenvalue weighted by atomic mass is 127. The van der Waals surface area contributed by atoms with E-state index in [0.717, 1.165) is 35.2 Å². The molecule has 0 fully saturated rings. The molecule has 0 saturated carbocycles. The summed E-state index contributed by atoms with van der Waals surface area (Å²) in [6.07, 6.45) is 0.886. The van der Waals surface area contributed by atoms with Crippen molar-refractivity contribution in [3.8, 4) is 0 Å². The lowest BCUT2D eigenvalue weighted by atomic mass is 10.1. The maximum Gasteiger partial charge on any atom is 0.319 e. The lowest BCUT2D eigenvalue weighted by Gasteiger charge is -2.13. The van der Waals surface area contributed by atoms with Gasteiger partial charge in [-0.2, -0.15) is 0 Å². The van der Waals surface area contributed by atoms with Crippen LogP contribution in [0.1, 0.15) is 25.0 Å². The van der Waals surface area contributed by atoms with Gasteiger partial charge in [0.05, 0.1) is 0 Å². The Hall–Kier alpha value is -2.00. The second-order valence-corrected chi connectivity index (χ2v) is 7.12. The van der Waals surface area contributed by atoms with Gasteiger partial charge in [-0.15, -0.1) is 24.0 Å². The topological polar surface area (TPSA) is 77.6 Å². The Morgan fingerprint density at radius 2 is 1.62 bits per heavy atom. The smallest absolute Gasteiger partial charge is 0.319 e. The lowest BCUT2D eigenvalue weighted by molar-refractivity contribution is 0.250. The first-order valence-electron chi connectivity index (χ1n) is 9.31. The van der Waals surface area contributed by atoms with E-state index < -0.39 is 0 Å². The van der Waals surface area contributed by atoms with Crippen LogP contribution in [-0.2, 0) is 13.0 Å². The summed E-state index contributed by atoms with van der Waals surface area (Å²) in [4.78, 5) is 16.0. The number of benzene rings is 2. The van der Waals surface area contributed by atoms with Gasteiger partial charge >= 0.3 is 6.03 Å². The molecule has 0 saturated heterocycles. The number of urea groups is 1. The van der Waals surface area contributed by atoms with Gasteiger partial charge in [0.25, 0.3) is 0 Å². The Labute approximate surface area is 194 Å². The fourth-order valence-corrected chi connectivity index (χ4v) is 2.64. The van der Waals surface area contributed by atoms with E-state index in [2.05, 4.69) is 26.3 Å². The number of guanidine groups is 1. The molecule has 2 rings (SSSR count). The average molecular weight is 530 g/mol. The monoisotopic (exact) mass is 529 g/mol. The number of hydrogen-bond acceptors (Lipinski definition) is 2. The van der Waals surface area contributed by atoms with Crippen molar-refractivity contribution in [1.82, 2.24) is 16.0 Å². The molecule has 29 heavy (non-hydrogen) atoms. The minimum absolute atomic E-state index is 0. The minimum Gasteiger partial charge on any atom is -0.356 e. The van der Waals surface area contributed by atoms with Crippen molar-refractivity contribution in [2.24, 2.45) is 4.99 Å². The van der Waals surface area contributed by atoms with Crippen molar-refractivity contribution in [3.63, 3.8) is 0 Å². The third-order valence-corrected chi connectivity index (χ3v) is 4.19. The van der Waals surface area contributed by atoms with Gasteiger partial charge in [0.2, 0.25) is 0 Å². The maximum absolute atomic E-state index is 11.7. The second-order valence-electron chi connectivity index (χ2n) is 6.68. The Balaban J connectivity index is 0.00000420. The van der Waals surface area contributed by atoms with Gasteiger partial charge in [-0.3, -0.25) is 4.99 Å². The number of aliphatic imine (C=N–C) groups is 1. The zero-order chi connectivity index (χ0) is 20.4. The van der Waals surface area contributed by atoms with Gasteiger partial charge < -0.3 is 21.3 Å². The molecule has 0 unspecified atom stereocenters. The van der Waals surface area contributed by atoms with Gasteiger partial charge in [0.15, 0.2) is 5.96 Å². The van der Waals surface area contributed by atoms with E-state index in [9.17, 15) is 4.79 Å². The summed E-state index contributed by atoms with van der Waals surface area (Å²) in [5, 5.41) is 12.9. The quantitative estimate of drug-likeness (QED) is 0.244. The van der Waals surface area contributed by atoms with Gasteiger partial charge in [-0.05, 0) is 55.7 Å². The lowest BCUT2D eigenvalue weighted by Crippen LogP contribution is -2.37. The first-order chi connectivity index (χ1) is 13.5. The van der Waals surface area contributed by atoms with E-state index in [1.54, 1.807) is 7.05 Å². The molecule has 2 aromatic rings. The fraction of sp³-hybridized carbons (Fsp3) is 0.333. The molecule has 0 heterocycles. The molecule has 0 aromatic heterocycles. The molecular weight excluding hydrogens is 501 g/mol. The van der Waals surface area contributed by atoms with Crippen LogP contribution in [0, 0.1) is 0 Å². The Morgan fingerprint density at radius 3 is 2.21 bits per heavy atom. The number of amides is 2. The molecule has 0 aliphatic rings. The molecule has 2 amide bonds. The Morgan fingerprint density at radius 1 is 1.00 bits per heavy atom. The number of rotatable bonds is 7. The molecule has 0 aliphatic heterocycles. The number of carbonyl (C=O) groups is 1. The van der Waals surface area contributed by atoms with Crippen LogP contribution in [-0.4, -0.2) is 31.6 Å². The molecule has 0 aliphatic carbocycles. The highest BCUT2D eigenvalue weighted by Crippen LogP contribution is 2.10. The minimum atomic E-state index is -0.203. The summed E-state index contributed by atoms with van der Waals surface area (Å²) >= 11 is 5.90. The largest absolute Gasteiger partial charge is 0.356 e. The summed E-state index contributed by atoms with van der Waals surface area (Å²) in [5.74, 6) is 0.743. The number of anilines is 1. The van der Waals surface area contributed by atoms with E-state index in [1.807, 2.05) is 62.4 Å². The summed E-state index contributed by atoms with van der Waals surface area (Å²) in [7, 11) is 1.75. The summed E-state index contributed by atoms with van der Waals surface area (Å²) in [6, 6.07) is 15.4. The van der Waals surface area contributed by atoms with Gasteiger partial charge in [-0.25, -0.2) is 4.79 Å². The van der Waals surface area contributed by atoms with Crippen molar-refractivity contribution in [2.75, 3.05) is 18.9 Å².